The van der Waals surface area contributed by atoms with Gasteiger partial charge in [-0.25, -0.2) is 0 Å². The second-order valence-electron chi connectivity index (χ2n) is 5.75. The van der Waals surface area contributed by atoms with Crippen LogP contribution in [-0.2, 0) is 11.2 Å². The van der Waals surface area contributed by atoms with Crippen LogP contribution in [0.5, 0.6) is 0 Å². The number of Topliss-reactive ketones (excluding diaryl/α,β-unsaturated/α-hetero) is 1. The summed E-state index contributed by atoms with van der Waals surface area (Å²) in [5.41, 5.74) is 1.71. The Kier molecular flexibility index (Phi) is 4.13. The lowest BCUT2D eigenvalue weighted by Crippen LogP contribution is -2.42. The van der Waals surface area contributed by atoms with Gasteiger partial charge in [-0.1, -0.05) is 13.0 Å². The zero-order chi connectivity index (χ0) is 14.0. The number of nitrogens with zero attached hydrogens (tertiary/aromatic N) is 1. The molecule has 3 rings (SSSR count). The molecule has 2 aliphatic heterocycles. The summed E-state index contributed by atoms with van der Waals surface area (Å²) >= 11 is 1.94. The van der Waals surface area contributed by atoms with Crippen LogP contribution in [0.3, 0.4) is 0 Å². The van der Waals surface area contributed by atoms with Crippen molar-refractivity contribution in [3.8, 4) is 0 Å². The molecule has 2 unspecified atom stereocenters. The number of carbonyl (C=O) groups is 1. The molecule has 0 aromatic carbocycles. The quantitative estimate of drug-likeness (QED) is 0.802. The van der Waals surface area contributed by atoms with Crippen LogP contribution >= 0.6 is 11.8 Å². The maximum Gasteiger partial charge on any atom is 0.184 e. The van der Waals surface area contributed by atoms with Gasteiger partial charge in [0.05, 0.1) is 5.60 Å². The number of ether oxygens (including phenoxy) is 1. The van der Waals surface area contributed by atoms with Crippen molar-refractivity contribution in [2.45, 2.75) is 38.2 Å². The first kappa shape index (κ1) is 14.1. The standard InChI is InChI=1S/C16H21NO2S/c1-2-12-4-3-7-17-14(12)15(18)13-5-8-19-16(10-13)6-9-20-11-16/h3-4,7,13H,2,5-6,8-11H2,1H3. The van der Waals surface area contributed by atoms with E-state index in [1.807, 2.05) is 23.9 Å². The summed E-state index contributed by atoms with van der Waals surface area (Å²) in [6.45, 7) is 2.79. The van der Waals surface area contributed by atoms with Gasteiger partial charge < -0.3 is 4.74 Å². The number of aromatic nitrogens is 1. The van der Waals surface area contributed by atoms with E-state index in [0.29, 0.717) is 12.3 Å². The molecule has 1 aromatic heterocycles. The number of aryl methyl sites for hydroxylation is 1. The van der Waals surface area contributed by atoms with Crippen LogP contribution in [0.1, 0.15) is 42.2 Å². The highest BCUT2D eigenvalue weighted by molar-refractivity contribution is 7.99. The molecular weight excluding hydrogens is 270 g/mol. The number of pyridine rings is 1. The van der Waals surface area contributed by atoms with Crippen molar-refractivity contribution in [3.63, 3.8) is 0 Å². The minimum atomic E-state index is -0.0373. The second kappa shape index (κ2) is 5.86. The molecule has 1 spiro atoms. The summed E-state index contributed by atoms with van der Waals surface area (Å²) in [5, 5.41) is 0. The van der Waals surface area contributed by atoms with Crippen LogP contribution in [0.15, 0.2) is 18.3 Å². The summed E-state index contributed by atoms with van der Waals surface area (Å²) < 4.78 is 6.01. The third-order valence-corrected chi connectivity index (χ3v) is 5.66. The maximum absolute atomic E-state index is 12.8. The first-order valence-corrected chi connectivity index (χ1v) is 8.59. The average Bonchev–Trinajstić information content (AvgIpc) is 2.94. The van der Waals surface area contributed by atoms with Crippen molar-refractivity contribution in [2.75, 3.05) is 18.1 Å². The molecule has 0 saturated carbocycles. The summed E-state index contributed by atoms with van der Waals surface area (Å²) in [5.74, 6) is 2.51. The molecule has 4 heteroatoms. The Hall–Kier alpha value is -0.870. The second-order valence-corrected chi connectivity index (χ2v) is 6.86. The molecule has 0 radical (unpaired) electrons. The Bertz CT molecular complexity index is 497. The number of rotatable bonds is 3. The first-order chi connectivity index (χ1) is 9.74. The number of carbonyl (C=O) groups excluding carboxylic acids is 1. The molecule has 2 aliphatic rings. The fourth-order valence-corrected chi connectivity index (χ4v) is 4.63. The minimum absolute atomic E-state index is 0.0373. The van der Waals surface area contributed by atoms with Crippen LogP contribution in [0.25, 0.3) is 0 Å². The molecule has 2 saturated heterocycles. The molecule has 0 N–H and O–H groups in total. The first-order valence-electron chi connectivity index (χ1n) is 7.44. The van der Waals surface area contributed by atoms with Crippen molar-refractivity contribution < 1.29 is 9.53 Å². The van der Waals surface area contributed by atoms with E-state index in [9.17, 15) is 4.79 Å². The lowest BCUT2D eigenvalue weighted by atomic mass is 9.81. The van der Waals surface area contributed by atoms with Crippen LogP contribution in [0, 0.1) is 5.92 Å². The van der Waals surface area contributed by atoms with E-state index in [1.165, 1.54) is 0 Å². The number of hydrogen-bond acceptors (Lipinski definition) is 4. The molecule has 3 heterocycles. The number of hydrogen-bond donors (Lipinski definition) is 0. The van der Waals surface area contributed by atoms with Gasteiger partial charge in [-0.15, -0.1) is 0 Å². The van der Waals surface area contributed by atoms with Crippen molar-refractivity contribution in [2.24, 2.45) is 5.92 Å². The van der Waals surface area contributed by atoms with Gasteiger partial charge in [0.2, 0.25) is 0 Å². The fraction of sp³-hybridized carbons (Fsp3) is 0.625. The number of thioether (sulfide) groups is 1. The molecule has 3 nitrogen and oxygen atoms in total. The number of ketones is 1. The van der Waals surface area contributed by atoms with E-state index in [2.05, 4.69) is 11.9 Å². The zero-order valence-corrected chi connectivity index (χ0v) is 12.7. The third-order valence-electron chi connectivity index (χ3n) is 4.44. The Balaban J connectivity index is 1.79. The van der Waals surface area contributed by atoms with E-state index in [1.54, 1.807) is 6.20 Å². The minimum Gasteiger partial charge on any atom is -0.374 e. The van der Waals surface area contributed by atoms with E-state index < -0.39 is 0 Å². The van der Waals surface area contributed by atoms with E-state index in [-0.39, 0.29) is 17.3 Å². The lowest BCUT2D eigenvalue weighted by molar-refractivity contribution is -0.0735. The van der Waals surface area contributed by atoms with Crippen LogP contribution < -0.4 is 0 Å². The Morgan fingerprint density at radius 2 is 2.50 bits per heavy atom. The highest BCUT2D eigenvalue weighted by Crippen LogP contribution is 2.41. The summed E-state index contributed by atoms with van der Waals surface area (Å²) in [4.78, 5) is 17.1. The third kappa shape index (κ3) is 2.63. The van der Waals surface area contributed by atoms with Crippen molar-refractivity contribution >= 4 is 17.5 Å². The van der Waals surface area contributed by atoms with Crippen LogP contribution in [0.4, 0.5) is 0 Å². The Morgan fingerprint density at radius 1 is 1.60 bits per heavy atom. The monoisotopic (exact) mass is 291 g/mol. The van der Waals surface area contributed by atoms with Crippen LogP contribution in [0.2, 0.25) is 0 Å². The Labute approximate surface area is 124 Å². The topological polar surface area (TPSA) is 39.2 Å². The largest absolute Gasteiger partial charge is 0.374 e. The van der Waals surface area contributed by atoms with Gasteiger partial charge in [0, 0.05) is 24.5 Å². The average molecular weight is 291 g/mol. The summed E-state index contributed by atoms with van der Waals surface area (Å²) in [6, 6.07) is 3.93. The normalized spacial score (nSPS) is 29.8. The van der Waals surface area contributed by atoms with Gasteiger partial charge in [-0.2, -0.15) is 11.8 Å². The fourth-order valence-electron chi connectivity index (χ4n) is 3.25. The summed E-state index contributed by atoms with van der Waals surface area (Å²) in [7, 11) is 0. The van der Waals surface area contributed by atoms with E-state index in [4.69, 9.17) is 4.74 Å². The van der Waals surface area contributed by atoms with Gasteiger partial charge in [-0.05, 0) is 43.1 Å². The molecule has 108 valence electrons. The lowest BCUT2D eigenvalue weighted by Gasteiger charge is -2.37. The van der Waals surface area contributed by atoms with Crippen molar-refractivity contribution in [3.05, 3.63) is 29.6 Å². The zero-order valence-electron chi connectivity index (χ0n) is 11.9. The Morgan fingerprint density at radius 3 is 3.25 bits per heavy atom. The van der Waals surface area contributed by atoms with Gasteiger partial charge >= 0.3 is 0 Å². The van der Waals surface area contributed by atoms with E-state index in [0.717, 1.165) is 42.8 Å². The van der Waals surface area contributed by atoms with Crippen molar-refractivity contribution in [1.82, 2.24) is 4.98 Å². The SMILES string of the molecule is CCc1cccnc1C(=O)C1CCOC2(CCSC2)C1. The summed E-state index contributed by atoms with van der Waals surface area (Å²) in [6.07, 6.45) is 5.39. The van der Waals surface area contributed by atoms with Gasteiger partial charge in [0.25, 0.3) is 0 Å². The molecule has 0 aliphatic carbocycles. The van der Waals surface area contributed by atoms with Crippen LogP contribution in [-0.4, -0.2) is 34.5 Å². The molecule has 1 aromatic rings. The van der Waals surface area contributed by atoms with E-state index >= 15 is 0 Å². The molecule has 0 amide bonds. The molecular formula is C16H21NO2S. The predicted octanol–water partition coefficient (Wildman–Crippen LogP) is 3.13. The highest BCUT2D eigenvalue weighted by Gasteiger charge is 2.42. The highest BCUT2D eigenvalue weighted by atomic mass is 32.2. The predicted molar refractivity (Wildman–Crippen MR) is 81.3 cm³/mol. The molecule has 0 bridgehead atoms. The molecule has 2 atom stereocenters. The maximum atomic E-state index is 12.8. The van der Waals surface area contributed by atoms with Gasteiger partial charge in [0.15, 0.2) is 5.78 Å². The molecule has 20 heavy (non-hydrogen) atoms. The van der Waals surface area contributed by atoms with Gasteiger partial charge in [-0.3, -0.25) is 9.78 Å². The van der Waals surface area contributed by atoms with Gasteiger partial charge in [0.1, 0.15) is 5.69 Å². The molecule has 2 fully saturated rings. The van der Waals surface area contributed by atoms with Crippen molar-refractivity contribution in [1.29, 1.82) is 0 Å². The smallest absolute Gasteiger partial charge is 0.184 e.